The second-order valence-corrected chi connectivity index (χ2v) is 7.89. The van der Waals surface area contributed by atoms with Crippen LogP contribution in [0.25, 0.3) is 0 Å². The quantitative estimate of drug-likeness (QED) is 0.510. The summed E-state index contributed by atoms with van der Waals surface area (Å²) in [6.07, 6.45) is 0.282. The number of hydrogen-bond acceptors (Lipinski definition) is 6. The minimum absolute atomic E-state index is 0.0523. The largest absolute Gasteiger partial charge is 0.481 e. The van der Waals surface area contributed by atoms with Crippen LogP contribution in [-0.2, 0) is 14.4 Å². The van der Waals surface area contributed by atoms with E-state index in [1.54, 1.807) is 0 Å². The number of carbonyl (C=O) groups excluding carboxylic acids is 1. The van der Waals surface area contributed by atoms with Crippen LogP contribution >= 0.6 is 23.5 Å². The van der Waals surface area contributed by atoms with Gasteiger partial charge in [-0.25, -0.2) is 4.79 Å². The van der Waals surface area contributed by atoms with E-state index in [0.717, 1.165) is 9.79 Å². The van der Waals surface area contributed by atoms with E-state index >= 15 is 0 Å². The third-order valence-corrected chi connectivity index (χ3v) is 5.78. The molecule has 7 heteroatoms. The van der Waals surface area contributed by atoms with Gasteiger partial charge in [-0.2, -0.15) is 5.90 Å². The second-order valence-electron chi connectivity index (χ2n) is 5.24. The van der Waals surface area contributed by atoms with Crippen LogP contribution in [0.15, 0.2) is 70.5 Å². The molecule has 132 valence electrons. The lowest BCUT2D eigenvalue weighted by Crippen LogP contribution is -2.27. The number of carbonyl (C=O) groups is 2. The van der Waals surface area contributed by atoms with Crippen molar-refractivity contribution in [2.24, 2.45) is 5.90 Å². The van der Waals surface area contributed by atoms with E-state index in [9.17, 15) is 14.7 Å². The third kappa shape index (κ3) is 6.81. The number of carboxylic acid groups (broad SMARTS) is 1. The highest BCUT2D eigenvalue weighted by Crippen LogP contribution is 2.34. The molecule has 2 unspecified atom stereocenters. The topological polar surface area (TPSA) is 89.6 Å². The molecule has 0 radical (unpaired) electrons. The molecular formula is C18H19NO4S2. The van der Waals surface area contributed by atoms with Crippen LogP contribution in [0.3, 0.4) is 0 Å². The predicted octanol–water partition coefficient (Wildman–Crippen LogP) is 3.59. The first-order chi connectivity index (χ1) is 12.1. The molecule has 0 spiro atoms. The Kier molecular flexibility index (Phi) is 7.84. The molecule has 2 aromatic rings. The van der Waals surface area contributed by atoms with Crippen molar-refractivity contribution in [3.8, 4) is 0 Å². The Morgan fingerprint density at radius 1 is 0.960 bits per heavy atom. The summed E-state index contributed by atoms with van der Waals surface area (Å²) in [5, 5.41) is 8.35. The Morgan fingerprint density at radius 3 is 1.96 bits per heavy atom. The van der Waals surface area contributed by atoms with E-state index in [-0.39, 0.29) is 11.7 Å². The first-order valence-corrected chi connectivity index (χ1v) is 9.40. The van der Waals surface area contributed by atoms with E-state index in [1.165, 1.54) is 23.5 Å². The molecular weight excluding hydrogens is 358 g/mol. The van der Waals surface area contributed by atoms with Gasteiger partial charge in [-0.05, 0) is 30.7 Å². The molecule has 2 atom stereocenters. The fourth-order valence-corrected chi connectivity index (χ4v) is 4.69. The van der Waals surface area contributed by atoms with E-state index in [2.05, 4.69) is 4.84 Å². The van der Waals surface area contributed by atoms with Gasteiger partial charge in [-0.15, -0.1) is 23.5 Å². The maximum absolute atomic E-state index is 12.1. The van der Waals surface area contributed by atoms with Crippen LogP contribution in [0.4, 0.5) is 0 Å². The van der Waals surface area contributed by atoms with Crippen molar-refractivity contribution < 1.29 is 19.5 Å². The molecule has 25 heavy (non-hydrogen) atoms. The van der Waals surface area contributed by atoms with Gasteiger partial charge in [0.05, 0.1) is 6.42 Å². The molecule has 0 amide bonds. The zero-order valence-corrected chi connectivity index (χ0v) is 15.0. The molecule has 0 heterocycles. The summed E-state index contributed by atoms with van der Waals surface area (Å²) in [6, 6.07) is 18.9. The molecule has 0 aliphatic rings. The van der Waals surface area contributed by atoms with Crippen LogP contribution < -0.4 is 5.90 Å². The molecule has 2 rings (SSSR count). The van der Waals surface area contributed by atoms with Crippen LogP contribution in [-0.4, -0.2) is 27.5 Å². The van der Waals surface area contributed by atoms with Crippen molar-refractivity contribution in [1.82, 2.24) is 0 Å². The van der Waals surface area contributed by atoms with Crippen molar-refractivity contribution in [2.45, 2.75) is 33.1 Å². The standard InChI is InChI=1S/C18H19NO4S2/c19-23-18(22)16(25-14-9-5-2-6-10-14)11-15(12-17(20)21)24-13-7-3-1-4-8-13/h1-10,15-16H,11-12,19H2,(H,20,21). The molecule has 0 saturated heterocycles. The molecule has 0 aliphatic carbocycles. The van der Waals surface area contributed by atoms with Gasteiger partial charge in [-0.1, -0.05) is 36.4 Å². The summed E-state index contributed by atoms with van der Waals surface area (Å²) in [6.45, 7) is 0. The smallest absolute Gasteiger partial charge is 0.337 e. The maximum Gasteiger partial charge on any atom is 0.337 e. The minimum Gasteiger partial charge on any atom is -0.481 e. The van der Waals surface area contributed by atoms with Crippen molar-refractivity contribution >= 4 is 35.5 Å². The molecule has 0 aliphatic heterocycles. The SMILES string of the molecule is NOC(=O)C(CC(CC(=O)O)Sc1ccccc1)Sc1ccccc1. The minimum atomic E-state index is -0.905. The number of carboxylic acids is 1. The van der Waals surface area contributed by atoms with Crippen LogP contribution in [0, 0.1) is 0 Å². The lowest BCUT2D eigenvalue weighted by Gasteiger charge is -2.20. The number of rotatable bonds is 9. The number of thioether (sulfide) groups is 2. The highest BCUT2D eigenvalue weighted by atomic mass is 32.2. The monoisotopic (exact) mass is 377 g/mol. The average molecular weight is 377 g/mol. The van der Waals surface area contributed by atoms with Gasteiger partial charge in [0.25, 0.3) is 0 Å². The second kappa shape index (κ2) is 10.1. The summed E-state index contributed by atoms with van der Waals surface area (Å²) in [5.74, 6) is 3.61. The lowest BCUT2D eigenvalue weighted by atomic mass is 10.2. The predicted molar refractivity (Wildman–Crippen MR) is 99.3 cm³/mol. The first kappa shape index (κ1) is 19.4. The Labute approximate surface area is 154 Å². The highest BCUT2D eigenvalue weighted by Gasteiger charge is 2.27. The molecule has 0 fully saturated rings. The van der Waals surface area contributed by atoms with Crippen molar-refractivity contribution in [1.29, 1.82) is 0 Å². The van der Waals surface area contributed by atoms with Gasteiger partial charge < -0.3 is 9.94 Å². The Bertz CT molecular complexity index is 682. The van der Waals surface area contributed by atoms with Crippen LogP contribution in [0.5, 0.6) is 0 Å². The summed E-state index contributed by atoms with van der Waals surface area (Å²) < 4.78 is 0. The Morgan fingerprint density at radius 2 is 1.48 bits per heavy atom. The Balaban J connectivity index is 2.12. The van der Waals surface area contributed by atoms with Crippen molar-refractivity contribution in [3.05, 3.63) is 60.7 Å². The van der Waals surface area contributed by atoms with Crippen molar-refractivity contribution in [3.63, 3.8) is 0 Å². The molecule has 2 aromatic carbocycles. The number of nitrogens with two attached hydrogens (primary N) is 1. The molecule has 0 saturated carbocycles. The van der Waals surface area contributed by atoms with E-state index in [0.29, 0.717) is 6.42 Å². The first-order valence-electron chi connectivity index (χ1n) is 7.64. The number of hydrogen-bond donors (Lipinski definition) is 2. The normalized spacial score (nSPS) is 13.0. The van der Waals surface area contributed by atoms with Gasteiger partial charge >= 0.3 is 11.9 Å². The summed E-state index contributed by atoms with van der Waals surface area (Å²) in [5.41, 5.74) is 0. The molecule has 0 bridgehead atoms. The molecule has 5 nitrogen and oxygen atoms in total. The van der Waals surface area contributed by atoms with Crippen molar-refractivity contribution in [2.75, 3.05) is 0 Å². The number of benzene rings is 2. The van der Waals surface area contributed by atoms with Gasteiger partial charge in [-0.3, -0.25) is 4.79 Å². The third-order valence-electron chi connectivity index (χ3n) is 3.33. The van der Waals surface area contributed by atoms with Gasteiger partial charge in [0.15, 0.2) is 0 Å². The summed E-state index contributed by atoms with van der Waals surface area (Å²) >= 11 is 2.77. The maximum atomic E-state index is 12.1. The zero-order valence-electron chi connectivity index (χ0n) is 13.4. The summed E-state index contributed by atoms with van der Waals surface area (Å²) in [4.78, 5) is 29.6. The van der Waals surface area contributed by atoms with Crippen LogP contribution in [0.2, 0.25) is 0 Å². The zero-order chi connectivity index (χ0) is 18.1. The fraction of sp³-hybridized carbons (Fsp3) is 0.222. The highest BCUT2D eigenvalue weighted by molar-refractivity contribution is 8.01. The summed E-state index contributed by atoms with van der Waals surface area (Å²) in [7, 11) is 0. The van der Waals surface area contributed by atoms with Gasteiger partial charge in [0.2, 0.25) is 0 Å². The number of aliphatic carboxylic acids is 1. The van der Waals surface area contributed by atoms with Gasteiger partial charge in [0, 0.05) is 15.0 Å². The van der Waals surface area contributed by atoms with Gasteiger partial charge in [0.1, 0.15) is 5.25 Å². The lowest BCUT2D eigenvalue weighted by molar-refractivity contribution is -0.144. The molecule has 0 aromatic heterocycles. The fourth-order valence-electron chi connectivity index (χ4n) is 2.23. The average Bonchev–Trinajstić information content (AvgIpc) is 2.61. The van der Waals surface area contributed by atoms with E-state index in [4.69, 9.17) is 5.90 Å². The molecule has 3 N–H and O–H groups in total. The van der Waals surface area contributed by atoms with E-state index < -0.39 is 17.2 Å². The van der Waals surface area contributed by atoms with E-state index in [1.807, 2.05) is 60.7 Å². The van der Waals surface area contributed by atoms with Crippen LogP contribution in [0.1, 0.15) is 12.8 Å². The Hall–Kier alpha value is -1.96.